The summed E-state index contributed by atoms with van der Waals surface area (Å²) in [5.74, 6) is 1.43. The minimum Gasteiger partial charge on any atom is -0.351 e. The molecule has 1 saturated heterocycles. The molecule has 138 valence electrons. The van der Waals surface area contributed by atoms with E-state index < -0.39 is 0 Å². The van der Waals surface area contributed by atoms with Crippen molar-refractivity contribution in [2.45, 2.75) is 25.8 Å². The van der Waals surface area contributed by atoms with Gasteiger partial charge in [0.1, 0.15) is 5.82 Å². The van der Waals surface area contributed by atoms with Gasteiger partial charge < -0.3 is 20.1 Å². The Balaban J connectivity index is 1.61. The van der Waals surface area contributed by atoms with E-state index in [2.05, 4.69) is 25.3 Å². The smallest absolute Gasteiger partial charge is 0.257 e. The molecule has 0 bridgehead atoms. The molecular formula is C17H23N7O2. The van der Waals surface area contributed by atoms with Gasteiger partial charge in [0.2, 0.25) is 11.9 Å². The second-order valence-electron chi connectivity index (χ2n) is 6.61. The summed E-state index contributed by atoms with van der Waals surface area (Å²) in [7, 11) is 3.71. The normalized spacial score (nSPS) is 16.6. The number of hydrogen-bond donors (Lipinski definition) is 2. The molecule has 9 heteroatoms. The summed E-state index contributed by atoms with van der Waals surface area (Å²) in [4.78, 5) is 43.3. The molecule has 2 aromatic heterocycles. The first kappa shape index (κ1) is 17.8. The number of imidazole rings is 1. The van der Waals surface area contributed by atoms with Crippen LogP contribution in [-0.2, 0) is 11.3 Å². The number of anilines is 1. The lowest BCUT2D eigenvalue weighted by Crippen LogP contribution is -2.29. The molecule has 1 fully saturated rings. The molecule has 0 aromatic carbocycles. The van der Waals surface area contributed by atoms with E-state index in [1.54, 1.807) is 28.4 Å². The van der Waals surface area contributed by atoms with Crippen LogP contribution in [0.5, 0.6) is 0 Å². The maximum Gasteiger partial charge on any atom is 0.257 e. The molecule has 1 aliphatic heterocycles. The molecule has 1 unspecified atom stereocenters. The van der Waals surface area contributed by atoms with Crippen molar-refractivity contribution in [3.63, 3.8) is 0 Å². The fourth-order valence-corrected chi connectivity index (χ4v) is 2.91. The zero-order valence-corrected chi connectivity index (χ0v) is 15.2. The first-order valence-electron chi connectivity index (χ1n) is 8.51. The molecule has 0 spiro atoms. The van der Waals surface area contributed by atoms with Gasteiger partial charge in [-0.15, -0.1) is 0 Å². The fraction of sp³-hybridized carbons (Fsp3) is 0.471. The van der Waals surface area contributed by atoms with Crippen molar-refractivity contribution in [3.05, 3.63) is 35.7 Å². The molecule has 0 saturated carbocycles. The van der Waals surface area contributed by atoms with Gasteiger partial charge >= 0.3 is 0 Å². The molecule has 2 N–H and O–H groups in total. The number of carbonyl (C=O) groups is 2. The number of rotatable bonds is 5. The predicted molar refractivity (Wildman–Crippen MR) is 95.7 cm³/mol. The Hall–Kier alpha value is -2.97. The highest BCUT2D eigenvalue weighted by Gasteiger charge is 2.30. The van der Waals surface area contributed by atoms with E-state index in [0.717, 1.165) is 17.9 Å². The van der Waals surface area contributed by atoms with Crippen molar-refractivity contribution >= 4 is 17.8 Å². The lowest BCUT2D eigenvalue weighted by atomic mass is 10.1. The molecule has 26 heavy (non-hydrogen) atoms. The van der Waals surface area contributed by atoms with Gasteiger partial charge in [0.15, 0.2) is 0 Å². The maximum absolute atomic E-state index is 12.6. The SMILES string of the molecule is CC(=O)NCc1cnc(C2CCN(C(=O)c3cnc(N(C)C)nc3)C2)[nH]1. The van der Waals surface area contributed by atoms with Crippen LogP contribution >= 0.6 is 0 Å². The largest absolute Gasteiger partial charge is 0.351 e. The van der Waals surface area contributed by atoms with Crippen LogP contribution in [0, 0.1) is 0 Å². The highest BCUT2D eigenvalue weighted by Crippen LogP contribution is 2.26. The van der Waals surface area contributed by atoms with E-state index in [0.29, 0.717) is 31.1 Å². The monoisotopic (exact) mass is 357 g/mol. The van der Waals surface area contributed by atoms with Crippen molar-refractivity contribution in [3.8, 4) is 0 Å². The molecule has 2 aromatic rings. The number of H-pyrrole nitrogens is 1. The second kappa shape index (κ2) is 7.51. The van der Waals surface area contributed by atoms with Crippen LogP contribution in [0.15, 0.2) is 18.6 Å². The molecule has 3 rings (SSSR count). The summed E-state index contributed by atoms with van der Waals surface area (Å²) in [5.41, 5.74) is 1.34. The first-order chi connectivity index (χ1) is 12.4. The number of aromatic amines is 1. The third kappa shape index (κ3) is 3.98. The van der Waals surface area contributed by atoms with Crippen molar-refractivity contribution in [1.82, 2.24) is 30.2 Å². The molecule has 3 heterocycles. The van der Waals surface area contributed by atoms with Gasteiger partial charge in [-0.1, -0.05) is 0 Å². The molecule has 0 radical (unpaired) electrons. The Morgan fingerprint density at radius 2 is 2.00 bits per heavy atom. The lowest BCUT2D eigenvalue weighted by molar-refractivity contribution is -0.119. The van der Waals surface area contributed by atoms with Crippen molar-refractivity contribution in [2.75, 3.05) is 32.1 Å². The summed E-state index contributed by atoms with van der Waals surface area (Å²) < 4.78 is 0. The van der Waals surface area contributed by atoms with E-state index in [1.165, 1.54) is 6.92 Å². The zero-order chi connectivity index (χ0) is 18.7. The number of carbonyl (C=O) groups excluding carboxylic acids is 2. The lowest BCUT2D eigenvalue weighted by Gasteiger charge is -2.16. The Morgan fingerprint density at radius 1 is 1.27 bits per heavy atom. The van der Waals surface area contributed by atoms with E-state index in [1.807, 2.05) is 14.1 Å². The number of amides is 2. The zero-order valence-electron chi connectivity index (χ0n) is 15.2. The maximum atomic E-state index is 12.6. The van der Waals surface area contributed by atoms with E-state index in [-0.39, 0.29) is 17.7 Å². The third-order valence-corrected chi connectivity index (χ3v) is 4.32. The van der Waals surface area contributed by atoms with Gasteiger partial charge in [-0.05, 0) is 6.42 Å². The van der Waals surface area contributed by atoms with Gasteiger partial charge in [-0.2, -0.15) is 0 Å². The third-order valence-electron chi connectivity index (χ3n) is 4.32. The number of nitrogens with zero attached hydrogens (tertiary/aromatic N) is 5. The van der Waals surface area contributed by atoms with Crippen LogP contribution in [0.25, 0.3) is 0 Å². The molecular weight excluding hydrogens is 334 g/mol. The minimum atomic E-state index is -0.0821. The van der Waals surface area contributed by atoms with Crippen LogP contribution in [-0.4, -0.2) is 63.8 Å². The van der Waals surface area contributed by atoms with Gasteiger partial charge in [0.25, 0.3) is 5.91 Å². The minimum absolute atomic E-state index is 0.0668. The molecule has 9 nitrogen and oxygen atoms in total. The molecule has 2 amide bonds. The number of hydrogen-bond acceptors (Lipinski definition) is 6. The average Bonchev–Trinajstić information content (AvgIpc) is 3.28. The van der Waals surface area contributed by atoms with Crippen molar-refractivity contribution < 1.29 is 9.59 Å². The Labute approximate surface area is 151 Å². The Bertz CT molecular complexity index is 785. The van der Waals surface area contributed by atoms with Crippen molar-refractivity contribution in [2.24, 2.45) is 0 Å². The molecule has 0 aliphatic carbocycles. The van der Waals surface area contributed by atoms with Crippen LogP contribution in [0.3, 0.4) is 0 Å². The van der Waals surface area contributed by atoms with Gasteiger partial charge in [-0.25, -0.2) is 15.0 Å². The molecule has 1 aliphatic rings. The topological polar surface area (TPSA) is 107 Å². The summed E-state index contributed by atoms with van der Waals surface area (Å²) in [6.45, 7) is 3.17. The number of nitrogens with one attached hydrogen (secondary N) is 2. The highest BCUT2D eigenvalue weighted by molar-refractivity contribution is 5.94. The average molecular weight is 357 g/mol. The van der Waals surface area contributed by atoms with Crippen LogP contribution in [0.1, 0.15) is 41.1 Å². The van der Waals surface area contributed by atoms with E-state index in [4.69, 9.17) is 0 Å². The van der Waals surface area contributed by atoms with Crippen LogP contribution in [0.2, 0.25) is 0 Å². The van der Waals surface area contributed by atoms with Gasteiger partial charge in [0.05, 0.1) is 24.0 Å². The highest BCUT2D eigenvalue weighted by atomic mass is 16.2. The molecule has 1 atom stereocenters. The van der Waals surface area contributed by atoms with Crippen LogP contribution in [0.4, 0.5) is 5.95 Å². The number of aromatic nitrogens is 4. The predicted octanol–water partition coefficient (Wildman–Crippen LogP) is 0.531. The van der Waals surface area contributed by atoms with E-state index >= 15 is 0 Å². The van der Waals surface area contributed by atoms with Gasteiger partial charge in [-0.3, -0.25) is 9.59 Å². The van der Waals surface area contributed by atoms with E-state index in [9.17, 15) is 9.59 Å². The fourth-order valence-electron chi connectivity index (χ4n) is 2.91. The Morgan fingerprint density at radius 3 is 2.65 bits per heavy atom. The standard InChI is InChI=1S/C17H23N7O2/c1-11(25)18-8-14-9-19-15(22-14)12-4-5-24(10-12)16(26)13-6-20-17(21-7-13)23(2)3/h6-7,9,12H,4-5,8,10H2,1-3H3,(H,18,25)(H,19,22). The summed E-state index contributed by atoms with van der Waals surface area (Å²) in [6.07, 6.45) is 5.70. The van der Waals surface area contributed by atoms with Gasteiger partial charge in [0, 0.05) is 52.4 Å². The second-order valence-corrected chi connectivity index (χ2v) is 6.61. The summed E-state index contributed by atoms with van der Waals surface area (Å²) >= 11 is 0. The van der Waals surface area contributed by atoms with Crippen LogP contribution < -0.4 is 10.2 Å². The summed E-state index contributed by atoms with van der Waals surface area (Å²) in [5, 5.41) is 2.73. The first-order valence-corrected chi connectivity index (χ1v) is 8.51. The number of likely N-dealkylation sites (tertiary alicyclic amines) is 1. The Kier molecular flexibility index (Phi) is 5.15. The summed E-state index contributed by atoms with van der Waals surface area (Å²) in [6, 6.07) is 0. The quantitative estimate of drug-likeness (QED) is 0.808. The van der Waals surface area contributed by atoms with Crippen molar-refractivity contribution in [1.29, 1.82) is 0 Å².